The van der Waals surface area contributed by atoms with Crippen LogP contribution >= 0.6 is 0 Å². The van der Waals surface area contributed by atoms with Gasteiger partial charge in [-0.2, -0.15) is 0 Å². The molecular weight excluding hydrogens is 271 g/mol. The quantitative estimate of drug-likeness (QED) is 0.443. The molecule has 0 spiro atoms. The largest absolute Gasteiger partial charge is 0.486 e. The molecular formula is C15H27BO5. The summed E-state index contributed by atoms with van der Waals surface area (Å²) in [6, 6.07) is 0. The first-order valence-electron chi connectivity index (χ1n) is 7.25. The van der Waals surface area contributed by atoms with Crippen LogP contribution in [-0.2, 0) is 23.6 Å². The zero-order chi connectivity index (χ0) is 16.3. The highest BCUT2D eigenvalue weighted by Crippen LogP contribution is 2.36. The van der Waals surface area contributed by atoms with E-state index in [0.717, 1.165) is 0 Å². The fourth-order valence-electron chi connectivity index (χ4n) is 1.72. The lowest BCUT2D eigenvalue weighted by Crippen LogP contribution is -2.41. The van der Waals surface area contributed by atoms with Crippen molar-refractivity contribution in [1.29, 1.82) is 0 Å². The molecule has 6 heteroatoms. The van der Waals surface area contributed by atoms with Crippen molar-refractivity contribution in [1.82, 2.24) is 0 Å². The molecule has 0 unspecified atom stereocenters. The van der Waals surface area contributed by atoms with E-state index >= 15 is 0 Å². The van der Waals surface area contributed by atoms with Gasteiger partial charge in [-0.05, 0) is 48.5 Å². The first-order valence-corrected chi connectivity index (χ1v) is 7.25. The van der Waals surface area contributed by atoms with E-state index < -0.39 is 5.60 Å². The zero-order valence-corrected chi connectivity index (χ0v) is 14.2. The highest BCUT2D eigenvalue weighted by molar-refractivity contribution is 6.51. The highest BCUT2D eigenvalue weighted by Gasteiger charge is 2.49. The van der Waals surface area contributed by atoms with Gasteiger partial charge in [0.05, 0.1) is 17.8 Å². The van der Waals surface area contributed by atoms with Crippen molar-refractivity contribution in [2.75, 3.05) is 13.2 Å². The van der Waals surface area contributed by atoms with Gasteiger partial charge in [0.1, 0.15) is 12.2 Å². The Balaban J connectivity index is 2.27. The second-order valence-electron chi connectivity index (χ2n) is 7.15. The Kier molecular flexibility index (Phi) is 5.64. The normalized spacial score (nSPS) is 21.0. The number of rotatable bonds is 5. The summed E-state index contributed by atoms with van der Waals surface area (Å²) in [6.07, 6.45) is 1.78. The van der Waals surface area contributed by atoms with Crippen LogP contribution in [0.15, 0.2) is 12.1 Å². The van der Waals surface area contributed by atoms with Crippen LogP contribution in [-0.4, -0.2) is 43.1 Å². The summed E-state index contributed by atoms with van der Waals surface area (Å²) >= 11 is 0. The van der Waals surface area contributed by atoms with E-state index in [-0.39, 0.29) is 30.9 Å². The van der Waals surface area contributed by atoms with E-state index in [2.05, 4.69) is 0 Å². The van der Waals surface area contributed by atoms with Gasteiger partial charge in [0, 0.05) is 0 Å². The van der Waals surface area contributed by atoms with Crippen molar-refractivity contribution >= 4 is 13.1 Å². The summed E-state index contributed by atoms with van der Waals surface area (Å²) in [5.41, 5.74) is -1.18. The second kappa shape index (κ2) is 6.50. The van der Waals surface area contributed by atoms with Gasteiger partial charge in [0.2, 0.25) is 0 Å². The van der Waals surface area contributed by atoms with Gasteiger partial charge < -0.3 is 18.8 Å². The minimum absolute atomic E-state index is 0.0645. The Hall–Kier alpha value is -0.845. The standard InChI is InChI=1S/C15H27BO5/c1-13(2,3)19-12(17)11-18-10-8-9-16-20-14(4,5)15(6,7)21-16/h8-9H,10-11H2,1-7H3/b9-8+. The summed E-state index contributed by atoms with van der Waals surface area (Å²) in [4.78, 5) is 11.4. The van der Waals surface area contributed by atoms with Crippen LogP contribution in [0.4, 0.5) is 0 Å². The summed E-state index contributed by atoms with van der Waals surface area (Å²) in [5.74, 6) is 1.43. The summed E-state index contributed by atoms with van der Waals surface area (Å²) in [6.45, 7) is 13.7. The van der Waals surface area contributed by atoms with Crippen LogP contribution in [0.1, 0.15) is 48.5 Å². The van der Waals surface area contributed by atoms with Crippen molar-refractivity contribution in [2.24, 2.45) is 0 Å². The maximum atomic E-state index is 11.4. The zero-order valence-electron chi connectivity index (χ0n) is 14.2. The molecule has 0 aromatic heterocycles. The van der Waals surface area contributed by atoms with Gasteiger partial charge in [-0.15, -0.1) is 0 Å². The Labute approximate surface area is 128 Å². The van der Waals surface area contributed by atoms with Crippen LogP contribution in [0.25, 0.3) is 0 Å². The fourth-order valence-corrected chi connectivity index (χ4v) is 1.72. The van der Waals surface area contributed by atoms with Gasteiger partial charge in [-0.25, -0.2) is 4.79 Å². The molecule has 1 fully saturated rings. The number of esters is 1. The van der Waals surface area contributed by atoms with Gasteiger partial charge in [0.15, 0.2) is 0 Å². The van der Waals surface area contributed by atoms with E-state index in [1.165, 1.54) is 0 Å². The van der Waals surface area contributed by atoms with Crippen molar-refractivity contribution < 1.29 is 23.6 Å². The Morgan fingerprint density at radius 2 is 1.67 bits per heavy atom. The second-order valence-corrected chi connectivity index (χ2v) is 7.15. The van der Waals surface area contributed by atoms with Crippen LogP contribution < -0.4 is 0 Å². The number of ether oxygens (including phenoxy) is 2. The third-order valence-electron chi connectivity index (χ3n) is 3.42. The molecule has 120 valence electrons. The van der Waals surface area contributed by atoms with Crippen LogP contribution in [0.3, 0.4) is 0 Å². The van der Waals surface area contributed by atoms with E-state index in [0.29, 0.717) is 6.61 Å². The number of hydrogen-bond donors (Lipinski definition) is 0. The Morgan fingerprint density at radius 1 is 1.14 bits per heavy atom. The first-order chi connectivity index (χ1) is 9.43. The smallest absolute Gasteiger partial charge is 0.458 e. The van der Waals surface area contributed by atoms with E-state index in [1.807, 2.05) is 48.5 Å². The molecule has 0 saturated carbocycles. The van der Waals surface area contributed by atoms with Crippen molar-refractivity contribution in [2.45, 2.75) is 65.3 Å². The van der Waals surface area contributed by atoms with Gasteiger partial charge in [-0.3, -0.25) is 0 Å². The molecule has 0 amide bonds. The van der Waals surface area contributed by atoms with E-state index in [9.17, 15) is 4.79 Å². The molecule has 1 aliphatic rings. The lowest BCUT2D eigenvalue weighted by Gasteiger charge is -2.32. The molecule has 1 saturated heterocycles. The molecule has 5 nitrogen and oxygen atoms in total. The van der Waals surface area contributed by atoms with Gasteiger partial charge in [-0.1, -0.05) is 12.1 Å². The Morgan fingerprint density at radius 3 is 2.14 bits per heavy atom. The van der Waals surface area contributed by atoms with Gasteiger partial charge >= 0.3 is 13.1 Å². The van der Waals surface area contributed by atoms with E-state index in [4.69, 9.17) is 18.8 Å². The molecule has 0 aromatic carbocycles. The van der Waals surface area contributed by atoms with Crippen LogP contribution in [0.5, 0.6) is 0 Å². The maximum absolute atomic E-state index is 11.4. The molecule has 0 atom stereocenters. The van der Waals surface area contributed by atoms with E-state index in [1.54, 1.807) is 12.1 Å². The molecule has 21 heavy (non-hydrogen) atoms. The molecule has 0 aliphatic carbocycles. The number of hydrogen-bond acceptors (Lipinski definition) is 5. The summed E-state index contributed by atoms with van der Waals surface area (Å²) < 4.78 is 22.0. The molecule has 0 radical (unpaired) electrons. The molecule has 0 N–H and O–H groups in total. The summed E-state index contributed by atoms with van der Waals surface area (Å²) in [7, 11) is -0.389. The average molecular weight is 298 g/mol. The monoisotopic (exact) mass is 298 g/mol. The lowest BCUT2D eigenvalue weighted by molar-refractivity contribution is -0.159. The average Bonchev–Trinajstić information content (AvgIpc) is 2.44. The number of carbonyl (C=O) groups is 1. The lowest BCUT2D eigenvalue weighted by atomic mass is 9.90. The van der Waals surface area contributed by atoms with Gasteiger partial charge in [0.25, 0.3) is 0 Å². The van der Waals surface area contributed by atoms with Crippen molar-refractivity contribution in [3.63, 3.8) is 0 Å². The fraction of sp³-hybridized carbons (Fsp3) is 0.800. The third-order valence-corrected chi connectivity index (χ3v) is 3.42. The SMILES string of the molecule is CC(C)(C)OC(=O)COC/C=C/B1OC(C)(C)C(C)(C)O1. The van der Waals surface area contributed by atoms with Crippen LogP contribution in [0.2, 0.25) is 0 Å². The molecule has 1 aliphatic heterocycles. The minimum atomic E-state index is -0.487. The molecule has 1 heterocycles. The third kappa shape index (κ3) is 5.81. The first kappa shape index (κ1) is 18.2. The summed E-state index contributed by atoms with van der Waals surface area (Å²) in [5, 5.41) is 0. The molecule has 0 bridgehead atoms. The van der Waals surface area contributed by atoms with Crippen LogP contribution in [0, 0.1) is 0 Å². The van der Waals surface area contributed by atoms with Crippen molar-refractivity contribution in [3.05, 3.63) is 12.1 Å². The van der Waals surface area contributed by atoms with Crippen molar-refractivity contribution in [3.8, 4) is 0 Å². The minimum Gasteiger partial charge on any atom is -0.458 e. The molecule has 1 rings (SSSR count). The predicted molar refractivity (Wildman–Crippen MR) is 81.9 cm³/mol. The molecule has 0 aromatic rings. The highest BCUT2D eigenvalue weighted by atomic mass is 16.7. The topological polar surface area (TPSA) is 54.0 Å². The predicted octanol–water partition coefficient (Wildman–Crippen LogP) is 2.53. The number of carbonyl (C=O) groups excluding carboxylic acids is 1. The Bertz CT molecular complexity index is 379. The maximum Gasteiger partial charge on any atom is 0.486 e.